The average molecular weight is 412 g/mol. The molecule has 2 aromatic rings. The van der Waals surface area contributed by atoms with Gasteiger partial charge in [-0.1, -0.05) is 18.2 Å². The number of carbonyl (C=O) groups is 2. The second kappa shape index (κ2) is 9.93. The van der Waals surface area contributed by atoms with Crippen molar-refractivity contribution in [3.05, 3.63) is 47.2 Å². The number of rotatable bonds is 8. The van der Waals surface area contributed by atoms with Crippen LogP contribution in [0.2, 0.25) is 0 Å². The molecule has 0 aliphatic carbocycles. The summed E-state index contributed by atoms with van der Waals surface area (Å²) in [6.45, 7) is 6.11. The number of likely N-dealkylation sites (tertiary alicyclic amines) is 1. The SMILES string of the molecule is CC(=O)CNC1CCN(CC(O)c2ccc(/C=C/C(=O)O)c3ccc(C)nc23)CC1. The highest BCUT2D eigenvalue weighted by atomic mass is 16.4. The third-order valence-corrected chi connectivity index (χ3v) is 5.48. The molecule has 0 saturated carbocycles. The van der Waals surface area contributed by atoms with E-state index >= 15 is 0 Å². The van der Waals surface area contributed by atoms with E-state index in [1.54, 1.807) is 13.0 Å². The third kappa shape index (κ3) is 5.72. The Hall–Kier alpha value is -2.61. The number of nitrogens with zero attached hydrogens (tertiary/aromatic N) is 2. The van der Waals surface area contributed by atoms with Crippen LogP contribution in [-0.2, 0) is 9.59 Å². The molecule has 1 aliphatic rings. The number of hydrogen-bond donors (Lipinski definition) is 3. The Morgan fingerprint density at radius 1 is 1.27 bits per heavy atom. The van der Waals surface area contributed by atoms with Gasteiger partial charge in [-0.05, 0) is 57.5 Å². The first-order chi connectivity index (χ1) is 14.3. The van der Waals surface area contributed by atoms with Gasteiger partial charge in [0.25, 0.3) is 0 Å². The van der Waals surface area contributed by atoms with E-state index < -0.39 is 12.1 Å². The van der Waals surface area contributed by atoms with Gasteiger partial charge in [0.05, 0.1) is 18.2 Å². The smallest absolute Gasteiger partial charge is 0.328 e. The van der Waals surface area contributed by atoms with Crippen LogP contribution in [0.1, 0.15) is 42.7 Å². The van der Waals surface area contributed by atoms with Gasteiger partial charge in [0, 0.05) is 35.3 Å². The minimum Gasteiger partial charge on any atom is -0.478 e. The lowest BCUT2D eigenvalue weighted by Gasteiger charge is -2.33. The molecule has 2 heterocycles. The number of fused-ring (bicyclic) bond motifs is 1. The minimum absolute atomic E-state index is 0.143. The topological polar surface area (TPSA) is 103 Å². The zero-order chi connectivity index (χ0) is 21.7. The normalized spacial score (nSPS) is 16.9. The first-order valence-electron chi connectivity index (χ1n) is 10.3. The van der Waals surface area contributed by atoms with Gasteiger partial charge >= 0.3 is 5.97 Å². The Labute approximate surface area is 176 Å². The summed E-state index contributed by atoms with van der Waals surface area (Å²) in [6.07, 6.45) is 3.85. The Bertz CT molecular complexity index is 949. The van der Waals surface area contributed by atoms with Gasteiger partial charge in [-0.3, -0.25) is 9.78 Å². The first kappa shape index (κ1) is 22.1. The molecule has 1 aromatic heterocycles. The molecular weight excluding hydrogens is 382 g/mol. The number of pyridine rings is 1. The maximum Gasteiger partial charge on any atom is 0.328 e. The van der Waals surface area contributed by atoms with E-state index in [4.69, 9.17) is 5.11 Å². The van der Waals surface area contributed by atoms with E-state index in [1.165, 1.54) is 0 Å². The van der Waals surface area contributed by atoms with Gasteiger partial charge in [0.1, 0.15) is 5.78 Å². The summed E-state index contributed by atoms with van der Waals surface area (Å²) in [6, 6.07) is 7.81. The van der Waals surface area contributed by atoms with Crippen molar-refractivity contribution in [3.63, 3.8) is 0 Å². The fraction of sp³-hybridized carbons (Fsp3) is 0.435. The van der Waals surface area contributed by atoms with Crippen molar-refractivity contribution >= 4 is 28.7 Å². The molecule has 0 spiro atoms. The highest BCUT2D eigenvalue weighted by Gasteiger charge is 2.23. The Kier molecular flexibility index (Phi) is 7.31. The number of β-amino-alcohol motifs (C(OH)–C–C–N with tert-alkyl or cyclic N) is 1. The van der Waals surface area contributed by atoms with Crippen LogP contribution in [0.3, 0.4) is 0 Å². The van der Waals surface area contributed by atoms with Gasteiger partial charge in [0.2, 0.25) is 0 Å². The molecule has 0 amide bonds. The summed E-state index contributed by atoms with van der Waals surface area (Å²) in [5.74, 6) is -0.863. The van der Waals surface area contributed by atoms with Crippen LogP contribution in [0.4, 0.5) is 0 Å². The molecule has 3 rings (SSSR count). The maximum absolute atomic E-state index is 11.1. The molecule has 1 unspecified atom stereocenters. The van der Waals surface area contributed by atoms with Crippen LogP contribution < -0.4 is 5.32 Å². The molecule has 0 radical (unpaired) electrons. The molecule has 0 bridgehead atoms. The van der Waals surface area contributed by atoms with Crippen LogP contribution >= 0.6 is 0 Å². The van der Waals surface area contributed by atoms with E-state index in [0.29, 0.717) is 24.6 Å². The summed E-state index contributed by atoms with van der Waals surface area (Å²) in [5, 5.41) is 24.0. The monoisotopic (exact) mass is 411 g/mol. The lowest BCUT2D eigenvalue weighted by molar-refractivity contribution is -0.131. The number of aromatic nitrogens is 1. The second-order valence-corrected chi connectivity index (χ2v) is 7.94. The predicted octanol–water partition coefficient (Wildman–Crippen LogP) is 2.32. The summed E-state index contributed by atoms with van der Waals surface area (Å²) in [5.41, 5.74) is 3.05. The Morgan fingerprint density at radius 2 is 2.00 bits per heavy atom. The molecule has 1 aliphatic heterocycles. The number of nitrogens with one attached hydrogen (secondary N) is 1. The molecule has 1 fully saturated rings. The standard InChI is InChI=1S/C23H29N3O4/c1-15-3-6-19-17(5-8-22(29)30)4-7-20(23(19)25-15)21(28)14-26-11-9-18(10-12-26)24-13-16(2)27/h3-8,18,21,24,28H,9-14H2,1-2H3,(H,29,30)/b8-5+. The molecule has 7 heteroatoms. The van der Waals surface area contributed by atoms with Gasteiger partial charge in [-0.2, -0.15) is 0 Å². The van der Waals surface area contributed by atoms with Crippen molar-refractivity contribution in [2.24, 2.45) is 0 Å². The third-order valence-electron chi connectivity index (χ3n) is 5.48. The number of benzene rings is 1. The number of aliphatic carboxylic acids is 1. The zero-order valence-corrected chi connectivity index (χ0v) is 17.5. The van der Waals surface area contributed by atoms with E-state index in [0.717, 1.165) is 54.2 Å². The number of hydrogen-bond acceptors (Lipinski definition) is 6. The predicted molar refractivity (Wildman–Crippen MR) is 116 cm³/mol. The molecule has 1 saturated heterocycles. The number of carbonyl (C=O) groups excluding carboxylic acids is 1. The lowest BCUT2D eigenvalue weighted by atomic mass is 9.98. The average Bonchev–Trinajstić information content (AvgIpc) is 2.71. The molecule has 7 nitrogen and oxygen atoms in total. The molecule has 1 atom stereocenters. The van der Waals surface area contributed by atoms with Crippen LogP contribution in [0.5, 0.6) is 0 Å². The summed E-state index contributed by atoms with van der Waals surface area (Å²) in [7, 11) is 0. The van der Waals surface area contributed by atoms with Crippen molar-refractivity contribution in [2.75, 3.05) is 26.2 Å². The van der Waals surface area contributed by atoms with Crippen molar-refractivity contribution in [3.8, 4) is 0 Å². The molecular formula is C23H29N3O4. The van der Waals surface area contributed by atoms with E-state index in [1.807, 2.05) is 31.2 Å². The summed E-state index contributed by atoms with van der Waals surface area (Å²) < 4.78 is 0. The van der Waals surface area contributed by atoms with E-state index in [9.17, 15) is 14.7 Å². The summed E-state index contributed by atoms with van der Waals surface area (Å²) >= 11 is 0. The molecule has 3 N–H and O–H groups in total. The molecule has 160 valence electrons. The number of aryl methyl sites for hydroxylation is 1. The fourth-order valence-corrected chi connectivity index (χ4v) is 3.88. The lowest BCUT2D eigenvalue weighted by Crippen LogP contribution is -2.44. The van der Waals surface area contributed by atoms with Crippen molar-refractivity contribution in [1.29, 1.82) is 0 Å². The number of piperidine rings is 1. The highest BCUT2D eigenvalue weighted by molar-refractivity contribution is 5.94. The molecule has 30 heavy (non-hydrogen) atoms. The number of carboxylic acid groups (broad SMARTS) is 1. The van der Waals surface area contributed by atoms with Gasteiger partial charge in [0.15, 0.2) is 0 Å². The van der Waals surface area contributed by atoms with Gasteiger partial charge in [-0.25, -0.2) is 4.79 Å². The minimum atomic E-state index is -1.01. The van der Waals surface area contributed by atoms with Crippen LogP contribution in [-0.4, -0.2) is 64.1 Å². The summed E-state index contributed by atoms with van der Waals surface area (Å²) in [4.78, 5) is 28.9. The first-order valence-corrected chi connectivity index (χ1v) is 10.3. The zero-order valence-electron chi connectivity index (χ0n) is 17.5. The number of aliphatic hydroxyl groups excluding tert-OH is 1. The van der Waals surface area contributed by atoms with Crippen LogP contribution in [0.15, 0.2) is 30.3 Å². The second-order valence-electron chi connectivity index (χ2n) is 7.94. The van der Waals surface area contributed by atoms with Gasteiger partial charge in [-0.15, -0.1) is 0 Å². The van der Waals surface area contributed by atoms with Crippen molar-refractivity contribution in [2.45, 2.75) is 38.8 Å². The van der Waals surface area contributed by atoms with E-state index in [2.05, 4.69) is 15.2 Å². The van der Waals surface area contributed by atoms with Gasteiger partial charge < -0.3 is 20.4 Å². The Morgan fingerprint density at radius 3 is 2.67 bits per heavy atom. The van der Waals surface area contributed by atoms with Crippen LogP contribution in [0.25, 0.3) is 17.0 Å². The largest absolute Gasteiger partial charge is 0.478 e. The van der Waals surface area contributed by atoms with Crippen molar-refractivity contribution in [1.82, 2.24) is 15.2 Å². The number of aliphatic hydroxyl groups is 1. The quantitative estimate of drug-likeness (QED) is 0.573. The number of ketones is 1. The Balaban J connectivity index is 1.73. The highest BCUT2D eigenvalue weighted by Crippen LogP contribution is 2.28. The molecule has 1 aromatic carbocycles. The van der Waals surface area contributed by atoms with E-state index in [-0.39, 0.29) is 5.78 Å². The fourth-order valence-electron chi connectivity index (χ4n) is 3.88. The van der Waals surface area contributed by atoms with Crippen LogP contribution in [0, 0.1) is 6.92 Å². The van der Waals surface area contributed by atoms with Crippen molar-refractivity contribution < 1.29 is 19.8 Å². The number of carboxylic acids is 1. The maximum atomic E-state index is 11.1. The number of Topliss-reactive ketones (excluding diaryl/α,β-unsaturated/α-hetero) is 1.